The molecule has 0 aromatic heterocycles. The maximum Gasteiger partial charge on any atom is 0.315 e. The van der Waals surface area contributed by atoms with E-state index in [4.69, 9.17) is 11.6 Å². The highest BCUT2D eigenvalue weighted by molar-refractivity contribution is 7.91. The van der Waals surface area contributed by atoms with Gasteiger partial charge in [0.15, 0.2) is 9.84 Å². The molecule has 0 radical (unpaired) electrons. The zero-order valence-corrected chi connectivity index (χ0v) is 16.7. The summed E-state index contributed by atoms with van der Waals surface area (Å²) in [4.78, 5) is 24.8. The van der Waals surface area contributed by atoms with Gasteiger partial charge in [0.25, 0.3) is 0 Å². The fourth-order valence-electron chi connectivity index (χ4n) is 2.83. The lowest BCUT2D eigenvalue weighted by atomic mass is 10.0. The molecule has 1 aromatic rings. The summed E-state index contributed by atoms with van der Waals surface area (Å²) in [5.41, 5.74) is 0.144. The molecule has 1 heterocycles. The van der Waals surface area contributed by atoms with Crippen LogP contribution in [0.4, 0.5) is 10.5 Å². The molecule has 8 nitrogen and oxygen atoms in total. The van der Waals surface area contributed by atoms with Gasteiger partial charge in [-0.05, 0) is 37.0 Å². The molecule has 1 saturated heterocycles. The lowest BCUT2D eigenvalue weighted by Gasteiger charge is -2.22. The number of hydrogen-bond acceptors (Lipinski definition) is 5. The fraction of sp³-hybridized carbons (Fsp3) is 0.529. The number of sulfone groups is 1. The maximum atomic E-state index is 12.6. The van der Waals surface area contributed by atoms with Gasteiger partial charge in [0.2, 0.25) is 5.91 Å². The highest BCUT2D eigenvalue weighted by Gasteiger charge is 2.30. The van der Waals surface area contributed by atoms with Crippen LogP contribution < -0.4 is 16.0 Å². The molecule has 1 aliphatic rings. The lowest BCUT2D eigenvalue weighted by Crippen LogP contribution is -2.51. The first-order chi connectivity index (χ1) is 12.6. The Labute approximate surface area is 163 Å². The number of benzene rings is 1. The molecule has 2 atom stereocenters. The largest absolute Gasteiger partial charge is 0.506 e. The second-order valence-electron chi connectivity index (χ2n) is 7.05. The molecule has 1 aliphatic heterocycles. The molecular formula is C17H24ClN3O5S. The molecule has 4 N–H and O–H groups in total. The van der Waals surface area contributed by atoms with Crippen LogP contribution >= 0.6 is 11.6 Å². The molecular weight excluding hydrogens is 394 g/mol. The fourth-order valence-corrected chi connectivity index (χ4v) is 4.67. The SMILES string of the molecule is CC(C)C[C@H](NC(=O)N[C@@H]1CCS(=O)(=O)C1)C(=O)Nc1cc(Cl)ccc1O. The Hall–Kier alpha value is -2.00. The summed E-state index contributed by atoms with van der Waals surface area (Å²) in [5, 5.41) is 17.9. The highest BCUT2D eigenvalue weighted by Crippen LogP contribution is 2.26. The van der Waals surface area contributed by atoms with Gasteiger partial charge in [-0.2, -0.15) is 0 Å². The van der Waals surface area contributed by atoms with Gasteiger partial charge in [-0.25, -0.2) is 13.2 Å². The van der Waals surface area contributed by atoms with Gasteiger partial charge < -0.3 is 21.1 Å². The number of nitrogens with one attached hydrogen (secondary N) is 3. The minimum atomic E-state index is -3.12. The van der Waals surface area contributed by atoms with E-state index in [0.29, 0.717) is 17.9 Å². The number of amides is 3. The number of rotatable bonds is 6. The van der Waals surface area contributed by atoms with Crippen molar-refractivity contribution < 1.29 is 23.1 Å². The Kier molecular flexibility index (Phi) is 6.94. The van der Waals surface area contributed by atoms with Gasteiger partial charge in [-0.1, -0.05) is 25.4 Å². The van der Waals surface area contributed by atoms with E-state index in [9.17, 15) is 23.1 Å². The summed E-state index contributed by atoms with van der Waals surface area (Å²) in [6.45, 7) is 3.81. The molecule has 0 bridgehead atoms. The van der Waals surface area contributed by atoms with Crippen LogP contribution in [0.5, 0.6) is 5.75 Å². The summed E-state index contributed by atoms with van der Waals surface area (Å²) < 4.78 is 23.0. The molecule has 0 saturated carbocycles. The van der Waals surface area contributed by atoms with Crippen LogP contribution in [-0.4, -0.2) is 49.1 Å². The van der Waals surface area contributed by atoms with Crippen molar-refractivity contribution in [2.45, 2.75) is 38.8 Å². The van der Waals surface area contributed by atoms with E-state index in [2.05, 4.69) is 16.0 Å². The van der Waals surface area contributed by atoms with Gasteiger partial charge in [0, 0.05) is 11.1 Å². The second-order valence-corrected chi connectivity index (χ2v) is 9.72. The number of phenolic OH excluding ortho intramolecular Hbond substituents is 1. The first-order valence-electron chi connectivity index (χ1n) is 8.62. The van der Waals surface area contributed by atoms with Crippen molar-refractivity contribution in [2.24, 2.45) is 5.92 Å². The zero-order valence-electron chi connectivity index (χ0n) is 15.2. The first kappa shape index (κ1) is 21.3. The maximum absolute atomic E-state index is 12.6. The van der Waals surface area contributed by atoms with Crippen LogP contribution in [0.15, 0.2) is 18.2 Å². The van der Waals surface area contributed by atoms with Gasteiger partial charge in [-0.3, -0.25) is 4.79 Å². The average molecular weight is 418 g/mol. The van der Waals surface area contributed by atoms with Crippen molar-refractivity contribution >= 4 is 39.1 Å². The Bertz CT molecular complexity index is 813. The van der Waals surface area contributed by atoms with Crippen molar-refractivity contribution in [1.82, 2.24) is 10.6 Å². The van der Waals surface area contributed by atoms with Crippen LogP contribution in [0, 0.1) is 5.92 Å². The van der Waals surface area contributed by atoms with Crippen LogP contribution in [0.25, 0.3) is 0 Å². The van der Waals surface area contributed by atoms with E-state index in [1.165, 1.54) is 18.2 Å². The standard InChI is InChI=1S/C17H24ClN3O5S/c1-10(2)7-14(16(23)20-13-8-11(18)3-4-15(13)22)21-17(24)19-12-5-6-27(25,26)9-12/h3-4,8,10,12,14,22H,5-7,9H2,1-2H3,(H,20,23)(H2,19,21,24)/t12-,14+/m1/s1. The highest BCUT2D eigenvalue weighted by atomic mass is 35.5. The second kappa shape index (κ2) is 8.79. The number of phenols is 1. The van der Waals surface area contributed by atoms with Crippen molar-refractivity contribution in [3.05, 3.63) is 23.2 Å². The number of carbonyl (C=O) groups is 2. The van der Waals surface area contributed by atoms with Crippen molar-refractivity contribution in [2.75, 3.05) is 16.8 Å². The van der Waals surface area contributed by atoms with E-state index in [1.807, 2.05) is 13.8 Å². The van der Waals surface area contributed by atoms with Crippen LogP contribution in [0.2, 0.25) is 5.02 Å². The minimum absolute atomic E-state index is 0.0436. The predicted octanol–water partition coefficient (Wildman–Crippen LogP) is 1.89. The van der Waals surface area contributed by atoms with Crippen molar-refractivity contribution in [3.63, 3.8) is 0 Å². The van der Waals surface area contributed by atoms with E-state index < -0.39 is 33.9 Å². The van der Waals surface area contributed by atoms with Crippen LogP contribution in [0.1, 0.15) is 26.7 Å². The van der Waals surface area contributed by atoms with Gasteiger partial charge in [-0.15, -0.1) is 0 Å². The normalized spacial score (nSPS) is 19.5. The molecule has 150 valence electrons. The monoisotopic (exact) mass is 417 g/mol. The molecule has 1 fully saturated rings. The van der Waals surface area contributed by atoms with Gasteiger partial charge in [0.05, 0.1) is 17.2 Å². The quantitative estimate of drug-likeness (QED) is 0.526. The molecule has 0 unspecified atom stereocenters. The number of halogens is 1. The van der Waals surface area contributed by atoms with Crippen molar-refractivity contribution in [1.29, 1.82) is 0 Å². The van der Waals surface area contributed by atoms with Gasteiger partial charge >= 0.3 is 6.03 Å². The predicted molar refractivity (Wildman–Crippen MR) is 104 cm³/mol. The molecule has 0 spiro atoms. The first-order valence-corrected chi connectivity index (χ1v) is 10.8. The van der Waals surface area contributed by atoms with E-state index in [-0.39, 0.29) is 28.9 Å². The van der Waals surface area contributed by atoms with Crippen LogP contribution in [0.3, 0.4) is 0 Å². The number of carbonyl (C=O) groups excluding carboxylic acids is 2. The summed E-state index contributed by atoms with van der Waals surface area (Å²) in [6, 6.07) is 2.32. The molecule has 3 amide bonds. The number of urea groups is 1. The average Bonchev–Trinajstić information content (AvgIpc) is 2.88. The van der Waals surface area contributed by atoms with Gasteiger partial charge in [0.1, 0.15) is 11.8 Å². The Morgan fingerprint density at radius 2 is 2.04 bits per heavy atom. The number of anilines is 1. The number of aromatic hydroxyl groups is 1. The summed E-state index contributed by atoms with van der Waals surface area (Å²) in [7, 11) is -3.12. The van der Waals surface area contributed by atoms with E-state index in [1.54, 1.807) is 0 Å². The zero-order chi connectivity index (χ0) is 20.2. The third kappa shape index (κ3) is 6.59. The summed E-state index contributed by atoms with van der Waals surface area (Å²) in [6.07, 6.45) is 0.719. The summed E-state index contributed by atoms with van der Waals surface area (Å²) >= 11 is 5.88. The number of hydrogen-bond donors (Lipinski definition) is 4. The minimum Gasteiger partial charge on any atom is -0.506 e. The lowest BCUT2D eigenvalue weighted by molar-refractivity contribution is -0.118. The van der Waals surface area contributed by atoms with Crippen molar-refractivity contribution in [3.8, 4) is 5.75 Å². The van der Waals surface area contributed by atoms with E-state index >= 15 is 0 Å². The van der Waals surface area contributed by atoms with E-state index in [0.717, 1.165) is 0 Å². The Morgan fingerprint density at radius 3 is 2.63 bits per heavy atom. The molecule has 10 heteroatoms. The smallest absolute Gasteiger partial charge is 0.315 e. The Balaban J connectivity index is 2.02. The molecule has 2 rings (SSSR count). The van der Waals surface area contributed by atoms with Crippen LogP contribution in [-0.2, 0) is 14.6 Å². The molecule has 0 aliphatic carbocycles. The third-order valence-electron chi connectivity index (χ3n) is 4.11. The molecule has 27 heavy (non-hydrogen) atoms. The topological polar surface area (TPSA) is 125 Å². The third-order valence-corrected chi connectivity index (χ3v) is 6.12. The Morgan fingerprint density at radius 1 is 1.33 bits per heavy atom. The molecule has 1 aromatic carbocycles. The summed E-state index contributed by atoms with van der Waals surface area (Å²) in [5.74, 6) is -0.590.